The molecule has 2 aromatic rings. The SMILES string of the molecule is OCCOc1cncc(N2CCC(Nc3nccs3)CC2)n1. The number of hydrogen-bond donors (Lipinski definition) is 2. The third kappa shape index (κ3) is 3.83. The molecule has 1 fully saturated rings. The van der Waals surface area contributed by atoms with Crippen LogP contribution in [0.1, 0.15) is 12.8 Å². The lowest BCUT2D eigenvalue weighted by molar-refractivity contribution is 0.196. The molecule has 2 aromatic heterocycles. The minimum absolute atomic E-state index is 0.0280. The molecule has 1 aliphatic heterocycles. The van der Waals surface area contributed by atoms with Crippen LogP contribution >= 0.6 is 11.3 Å². The van der Waals surface area contributed by atoms with Crippen molar-refractivity contribution in [3.05, 3.63) is 24.0 Å². The summed E-state index contributed by atoms with van der Waals surface area (Å²) >= 11 is 1.63. The summed E-state index contributed by atoms with van der Waals surface area (Å²) in [4.78, 5) is 15.1. The van der Waals surface area contributed by atoms with E-state index in [2.05, 4.69) is 25.2 Å². The van der Waals surface area contributed by atoms with E-state index in [9.17, 15) is 0 Å². The summed E-state index contributed by atoms with van der Waals surface area (Å²) in [6.07, 6.45) is 7.19. The van der Waals surface area contributed by atoms with E-state index in [-0.39, 0.29) is 13.2 Å². The highest BCUT2D eigenvalue weighted by Gasteiger charge is 2.21. The third-order valence-electron chi connectivity index (χ3n) is 3.52. The number of aromatic nitrogens is 3. The Morgan fingerprint density at radius 3 is 2.95 bits per heavy atom. The Morgan fingerprint density at radius 2 is 2.23 bits per heavy atom. The third-order valence-corrected chi connectivity index (χ3v) is 4.22. The Morgan fingerprint density at radius 1 is 1.36 bits per heavy atom. The molecule has 0 amide bonds. The quantitative estimate of drug-likeness (QED) is 0.831. The molecule has 1 saturated heterocycles. The topological polar surface area (TPSA) is 83.4 Å². The summed E-state index contributed by atoms with van der Waals surface area (Å²) in [5.74, 6) is 1.28. The van der Waals surface area contributed by atoms with Crippen molar-refractivity contribution in [2.75, 3.05) is 36.5 Å². The van der Waals surface area contributed by atoms with Crippen LogP contribution in [0.25, 0.3) is 0 Å². The van der Waals surface area contributed by atoms with Crippen LogP contribution in [-0.4, -0.2) is 52.4 Å². The van der Waals surface area contributed by atoms with Gasteiger partial charge < -0.3 is 20.1 Å². The van der Waals surface area contributed by atoms with E-state index in [0.29, 0.717) is 11.9 Å². The van der Waals surface area contributed by atoms with Crippen molar-refractivity contribution < 1.29 is 9.84 Å². The van der Waals surface area contributed by atoms with Gasteiger partial charge in [0.05, 0.1) is 19.0 Å². The number of thiazole rings is 1. The fourth-order valence-electron chi connectivity index (χ4n) is 2.43. The van der Waals surface area contributed by atoms with Crippen molar-refractivity contribution in [1.29, 1.82) is 0 Å². The van der Waals surface area contributed by atoms with E-state index in [1.807, 2.05) is 11.6 Å². The Kier molecular flexibility index (Phi) is 5.02. The van der Waals surface area contributed by atoms with Gasteiger partial charge in [0, 0.05) is 30.7 Å². The van der Waals surface area contributed by atoms with Gasteiger partial charge in [0.2, 0.25) is 5.88 Å². The lowest BCUT2D eigenvalue weighted by atomic mass is 10.1. The lowest BCUT2D eigenvalue weighted by Crippen LogP contribution is -2.39. The molecule has 3 heterocycles. The number of piperidine rings is 1. The van der Waals surface area contributed by atoms with Crippen LogP contribution in [-0.2, 0) is 0 Å². The van der Waals surface area contributed by atoms with Gasteiger partial charge in [0.1, 0.15) is 6.61 Å². The summed E-state index contributed by atoms with van der Waals surface area (Å²) in [7, 11) is 0. The molecule has 0 saturated carbocycles. The number of nitrogens with one attached hydrogen (secondary N) is 1. The second kappa shape index (κ2) is 7.37. The molecule has 0 radical (unpaired) electrons. The zero-order valence-electron chi connectivity index (χ0n) is 12.2. The van der Waals surface area contributed by atoms with Crippen molar-refractivity contribution in [2.24, 2.45) is 0 Å². The highest BCUT2D eigenvalue weighted by molar-refractivity contribution is 7.13. The van der Waals surface area contributed by atoms with Crippen LogP contribution in [0.3, 0.4) is 0 Å². The lowest BCUT2D eigenvalue weighted by Gasteiger charge is -2.32. The smallest absolute Gasteiger partial charge is 0.234 e. The average molecular weight is 321 g/mol. The second-order valence-corrected chi connectivity index (χ2v) is 5.93. The molecule has 0 aliphatic carbocycles. The zero-order chi connectivity index (χ0) is 15.2. The largest absolute Gasteiger partial charge is 0.474 e. The fourth-order valence-corrected chi connectivity index (χ4v) is 3.04. The first kappa shape index (κ1) is 15.0. The van der Waals surface area contributed by atoms with Gasteiger partial charge in [-0.3, -0.25) is 4.98 Å². The highest BCUT2D eigenvalue weighted by Crippen LogP contribution is 2.22. The number of ether oxygens (including phenoxy) is 1. The van der Waals surface area contributed by atoms with Crippen LogP contribution in [0, 0.1) is 0 Å². The number of aliphatic hydroxyl groups excluding tert-OH is 1. The number of hydrogen-bond acceptors (Lipinski definition) is 8. The highest BCUT2D eigenvalue weighted by atomic mass is 32.1. The first-order valence-corrected chi connectivity index (χ1v) is 8.20. The molecule has 8 heteroatoms. The molecule has 0 atom stereocenters. The molecule has 0 unspecified atom stereocenters. The Bertz CT molecular complexity index is 572. The van der Waals surface area contributed by atoms with Crippen molar-refractivity contribution in [1.82, 2.24) is 15.0 Å². The molecule has 2 N–H and O–H groups in total. The van der Waals surface area contributed by atoms with E-state index < -0.39 is 0 Å². The van der Waals surface area contributed by atoms with E-state index >= 15 is 0 Å². The van der Waals surface area contributed by atoms with E-state index in [4.69, 9.17) is 9.84 Å². The van der Waals surface area contributed by atoms with Crippen molar-refractivity contribution in [3.8, 4) is 5.88 Å². The molecule has 0 spiro atoms. The van der Waals surface area contributed by atoms with Gasteiger partial charge in [-0.2, -0.15) is 4.98 Å². The summed E-state index contributed by atoms with van der Waals surface area (Å²) in [6.45, 7) is 2.04. The maximum atomic E-state index is 8.79. The van der Waals surface area contributed by atoms with Gasteiger partial charge >= 0.3 is 0 Å². The molecular weight excluding hydrogens is 302 g/mol. The van der Waals surface area contributed by atoms with Crippen molar-refractivity contribution >= 4 is 22.3 Å². The normalized spacial score (nSPS) is 15.8. The standard InChI is InChI=1S/C14H19N5O2S/c20-6-7-21-13-10-15-9-12(18-13)19-4-1-11(2-5-19)17-14-16-3-8-22-14/h3,8-11,20H,1-2,4-7H2,(H,16,17). The molecule has 0 aromatic carbocycles. The Balaban J connectivity index is 1.54. The minimum Gasteiger partial charge on any atom is -0.474 e. The first-order chi connectivity index (χ1) is 10.8. The number of rotatable bonds is 6. The van der Waals surface area contributed by atoms with Gasteiger partial charge in [-0.1, -0.05) is 0 Å². The summed E-state index contributed by atoms with van der Waals surface area (Å²) in [6, 6.07) is 0.448. The van der Waals surface area contributed by atoms with Gasteiger partial charge in [-0.25, -0.2) is 4.98 Å². The number of nitrogens with zero attached hydrogens (tertiary/aromatic N) is 4. The van der Waals surface area contributed by atoms with Gasteiger partial charge in [-0.15, -0.1) is 11.3 Å². The van der Waals surface area contributed by atoms with Gasteiger partial charge in [0.15, 0.2) is 10.9 Å². The van der Waals surface area contributed by atoms with Crippen LogP contribution in [0.15, 0.2) is 24.0 Å². The molecule has 3 rings (SSSR count). The molecule has 0 bridgehead atoms. The minimum atomic E-state index is -0.0280. The summed E-state index contributed by atoms with van der Waals surface area (Å²) in [5, 5.41) is 15.2. The monoisotopic (exact) mass is 321 g/mol. The van der Waals surface area contributed by atoms with Gasteiger partial charge in [0.25, 0.3) is 0 Å². The van der Waals surface area contributed by atoms with Crippen LogP contribution < -0.4 is 15.0 Å². The Labute approximate surface area is 133 Å². The molecule has 1 aliphatic rings. The Hall–Kier alpha value is -1.93. The maximum Gasteiger partial charge on any atom is 0.234 e. The van der Waals surface area contributed by atoms with E-state index in [1.54, 1.807) is 23.7 Å². The van der Waals surface area contributed by atoms with Crippen LogP contribution in [0.5, 0.6) is 5.88 Å². The first-order valence-electron chi connectivity index (χ1n) is 7.32. The predicted molar refractivity (Wildman–Crippen MR) is 85.6 cm³/mol. The summed E-state index contributed by atoms with van der Waals surface area (Å²) < 4.78 is 5.31. The van der Waals surface area contributed by atoms with Crippen LogP contribution in [0.2, 0.25) is 0 Å². The van der Waals surface area contributed by atoms with Crippen molar-refractivity contribution in [3.63, 3.8) is 0 Å². The van der Waals surface area contributed by atoms with Crippen LogP contribution in [0.4, 0.5) is 10.9 Å². The number of anilines is 2. The van der Waals surface area contributed by atoms with E-state index in [1.165, 1.54) is 0 Å². The van der Waals surface area contributed by atoms with E-state index in [0.717, 1.165) is 36.9 Å². The molecule has 22 heavy (non-hydrogen) atoms. The predicted octanol–water partition coefficient (Wildman–Crippen LogP) is 1.39. The average Bonchev–Trinajstić information content (AvgIpc) is 3.07. The zero-order valence-corrected chi connectivity index (χ0v) is 13.0. The van der Waals surface area contributed by atoms with Crippen molar-refractivity contribution in [2.45, 2.75) is 18.9 Å². The maximum absolute atomic E-state index is 8.79. The summed E-state index contributed by atoms with van der Waals surface area (Å²) in [5.41, 5.74) is 0. The molecule has 118 valence electrons. The fraction of sp³-hybridized carbons (Fsp3) is 0.500. The molecular formula is C14H19N5O2S. The number of aliphatic hydroxyl groups is 1. The van der Waals surface area contributed by atoms with Gasteiger partial charge in [-0.05, 0) is 12.8 Å². The second-order valence-electron chi connectivity index (χ2n) is 5.03. The molecule has 7 nitrogen and oxygen atoms in total.